The number of hydrogen-bond acceptors (Lipinski definition) is 3. The quantitative estimate of drug-likeness (QED) is 0.652. The van der Waals surface area contributed by atoms with Gasteiger partial charge in [-0.2, -0.15) is 0 Å². The molecule has 3 heteroatoms. The maximum atomic E-state index is 5.98. The van der Waals surface area contributed by atoms with E-state index < -0.39 is 0 Å². The molecule has 0 amide bonds. The van der Waals surface area contributed by atoms with Gasteiger partial charge in [0.25, 0.3) is 0 Å². The third-order valence-corrected chi connectivity index (χ3v) is 4.07. The van der Waals surface area contributed by atoms with Crippen LogP contribution in [-0.2, 0) is 6.54 Å². The van der Waals surface area contributed by atoms with Crippen LogP contribution in [-0.4, -0.2) is 17.6 Å². The Morgan fingerprint density at radius 1 is 1.19 bits per heavy atom. The van der Waals surface area contributed by atoms with Gasteiger partial charge >= 0.3 is 0 Å². The number of ether oxygens (including phenoxy) is 1. The Bertz CT molecular complexity index is 441. The molecule has 21 heavy (non-hydrogen) atoms. The Hall–Kier alpha value is -1.09. The van der Waals surface area contributed by atoms with Crippen molar-refractivity contribution in [1.29, 1.82) is 0 Å². The summed E-state index contributed by atoms with van der Waals surface area (Å²) >= 11 is 0. The van der Waals surface area contributed by atoms with E-state index in [1.54, 1.807) is 0 Å². The number of hydrogen-bond donors (Lipinski definition) is 1. The van der Waals surface area contributed by atoms with Gasteiger partial charge in [0.15, 0.2) is 0 Å². The second-order valence-corrected chi connectivity index (χ2v) is 6.28. The molecule has 0 unspecified atom stereocenters. The molecule has 1 heterocycles. The Kier molecular flexibility index (Phi) is 6.50. The van der Waals surface area contributed by atoms with Gasteiger partial charge in [-0.1, -0.05) is 32.6 Å². The van der Waals surface area contributed by atoms with Crippen molar-refractivity contribution in [1.82, 2.24) is 10.3 Å². The van der Waals surface area contributed by atoms with Crippen LogP contribution < -0.4 is 10.1 Å². The van der Waals surface area contributed by atoms with Gasteiger partial charge in [-0.15, -0.1) is 0 Å². The van der Waals surface area contributed by atoms with Crippen LogP contribution in [0, 0.1) is 13.8 Å². The van der Waals surface area contributed by atoms with Crippen molar-refractivity contribution in [2.45, 2.75) is 78.3 Å². The molecule has 3 nitrogen and oxygen atoms in total. The van der Waals surface area contributed by atoms with Crippen molar-refractivity contribution < 1.29 is 4.74 Å². The van der Waals surface area contributed by atoms with E-state index in [1.165, 1.54) is 49.7 Å². The lowest BCUT2D eigenvalue weighted by Gasteiger charge is -2.14. The summed E-state index contributed by atoms with van der Waals surface area (Å²) in [4.78, 5) is 4.60. The van der Waals surface area contributed by atoms with Crippen LogP contribution in [0.25, 0.3) is 0 Å². The highest BCUT2D eigenvalue weighted by atomic mass is 16.5. The molecule has 1 aromatic rings. The van der Waals surface area contributed by atoms with E-state index in [4.69, 9.17) is 4.74 Å². The maximum absolute atomic E-state index is 5.98. The Morgan fingerprint density at radius 2 is 1.95 bits per heavy atom. The van der Waals surface area contributed by atoms with E-state index >= 15 is 0 Å². The number of pyridine rings is 1. The Labute approximate surface area is 129 Å². The largest absolute Gasteiger partial charge is 0.477 e. The molecular formula is C18H30N2O. The van der Waals surface area contributed by atoms with Crippen LogP contribution in [0.2, 0.25) is 0 Å². The molecule has 1 N–H and O–H groups in total. The minimum Gasteiger partial charge on any atom is -0.477 e. The summed E-state index contributed by atoms with van der Waals surface area (Å²) in [5, 5.41) is 3.57. The standard InChI is InChI=1S/C18H30N2O/c1-4-5-6-7-8-11-21-18-17(13-19-16-9-10-16)14(2)12-15(3)20-18/h12,16,19H,4-11,13H2,1-3H3. The normalized spacial score (nSPS) is 14.4. The molecule has 0 radical (unpaired) electrons. The van der Waals surface area contributed by atoms with Crippen LogP contribution in [0.3, 0.4) is 0 Å². The monoisotopic (exact) mass is 290 g/mol. The lowest BCUT2D eigenvalue weighted by atomic mass is 10.1. The highest BCUT2D eigenvalue weighted by Crippen LogP contribution is 2.24. The van der Waals surface area contributed by atoms with Crippen LogP contribution in [0.1, 0.15) is 68.7 Å². The average molecular weight is 290 g/mol. The topological polar surface area (TPSA) is 34.1 Å². The molecule has 0 aromatic carbocycles. The van der Waals surface area contributed by atoms with E-state index in [2.05, 4.69) is 30.2 Å². The minimum absolute atomic E-state index is 0.715. The first kappa shape index (κ1) is 16.3. The van der Waals surface area contributed by atoms with E-state index in [1.807, 2.05) is 6.92 Å². The summed E-state index contributed by atoms with van der Waals surface area (Å²) < 4.78 is 5.98. The van der Waals surface area contributed by atoms with Crippen LogP contribution in [0.4, 0.5) is 0 Å². The lowest BCUT2D eigenvalue weighted by Crippen LogP contribution is -2.18. The first-order valence-electron chi connectivity index (χ1n) is 8.54. The molecule has 1 aliphatic carbocycles. The van der Waals surface area contributed by atoms with Crippen molar-refractivity contribution in [3.63, 3.8) is 0 Å². The zero-order valence-electron chi connectivity index (χ0n) is 13.9. The average Bonchev–Trinajstić information content (AvgIpc) is 3.25. The number of rotatable bonds is 10. The molecule has 1 aromatic heterocycles. The number of nitrogens with zero attached hydrogens (tertiary/aromatic N) is 1. The molecular weight excluding hydrogens is 260 g/mol. The summed E-state index contributed by atoms with van der Waals surface area (Å²) in [5.41, 5.74) is 3.57. The SMILES string of the molecule is CCCCCCCOc1nc(C)cc(C)c1CNC1CC1. The lowest BCUT2D eigenvalue weighted by molar-refractivity contribution is 0.288. The van der Waals surface area contributed by atoms with Gasteiger partial charge in [-0.05, 0) is 44.7 Å². The van der Waals surface area contributed by atoms with Gasteiger partial charge in [0.2, 0.25) is 5.88 Å². The molecule has 1 fully saturated rings. The van der Waals surface area contributed by atoms with E-state index in [9.17, 15) is 0 Å². The van der Waals surface area contributed by atoms with Crippen molar-refractivity contribution in [2.75, 3.05) is 6.61 Å². The van der Waals surface area contributed by atoms with Crippen molar-refractivity contribution >= 4 is 0 Å². The summed E-state index contributed by atoms with van der Waals surface area (Å²) in [6.07, 6.45) is 8.95. The molecule has 2 rings (SSSR count). The van der Waals surface area contributed by atoms with Crippen LogP contribution >= 0.6 is 0 Å². The van der Waals surface area contributed by atoms with E-state index in [0.717, 1.165) is 31.1 Å². The van der Waals surface area contributed by atoms with Gasteiger partial charge in [0.1, 0.15) is 0 Å². The third-order valence-electron chi connectivity index (χ3n) is 4.07. The summed E-state index contributed by atoms with van der Waals surface area (Å²) in [6.45, 7) is 8.12. The Morgan fingerprint density at radius 3 is 2.67 bits per heavy atom. The van der Waals surface area contributed by atoms with Gasteiger partial charge in [0.05, 0.1) is 6.61 Å². The van der Waals surface area contributed by atoms with Gasteiger partial charge in [-0.3, -0.25) is 0 Å². The molecule has 1 saturated carbocycles. The molecule has 1 aliphatic rings. The fourth-order valence-electron chi connectivity index (χ4n) is 2.57. The van der Waals surface area contributed by atoms with Crippen molar-refractivity contribution in [3.8, 4) is 5.88 Å². The zero-order chi connectivity index (χ0) is 15.1. The number of nitrogens with one attached hydrogen (secondary N) is 1. The first-order valence-corrected chi connectivity index (χ1v) is 8.54. The number of unbranched alkanes of at least 4 members (excludes halogenated alkanes) is 4. The minimum atomic E-state index is 0.715. The Balaban J connectivity index is 1.86. The van der Waals surface area contributed by atoms with Gasteiger partial charge in [-0.25, -0.2) is 4.98 Å². The predicted molar refractivity (Wildman–Crippen MR) is 87.8 cm³/mol. The third kappa shape index (κ3) is 5.66. The second kappa shape index (κ2) is 8.38. The van der Waals surface area contributed by atoms with Gasteiger partial charge in [0, 0.05) is 23.8 Å². The molecule has 0 spiro atoms. The highest BCUT2D eigenvalue weighted by molar-refractivity contribution is 5.36. The fourth-order valence-corrected chi connectivity index (χ4v) is 2.57. The van der Waals surface area contributed by atoms with Gasteiger partial charge < -0.3 is 10.1 Å². The molecule has 0 bridgehead atoms. The van der Waals surface area contributed by atoms with E-state index in [0.29, 0.717) is 6.04 Å². The molecule has 0 aliphatic heterocycles. The van der Waals surface area contributed by atoms with Crippen LogP contribution in [0.5, 0.6) is 5.88 Å². The maximum Gasteiger partial charge on any atom is 0.218 e. The molecule has 118 valence electrons. The van der Waals surface area contributed by atoms with Crippen molar-refractivity contribution in [2.24, 2.45) is 0 Å². The summed E-state index contributed by atoms with van der Waals surface area (Å²) in [6, 6.07) is 2.87. The molecule has 0 saturated heterocycles. The zero-order valence-corrected chi connectivity index (χ0v) is 13.9. The fraction of sp³-hybridized carbons (Fsp3) is 0.722. The second-order valence-electron chi connectivity index (χ2n) is 6.28. The predicted octanol–water partition coefficient (Wildman–Crippen LogP) is 4.30. The smallest absolute Gasteiger partial charge is 0.218 e. The van der Waals surface area contributed by atoms with E-state index in [-0.39, 0.29) is 0 Å². The number of aromatic nitrogens is 1. The summed E-state index contributed by atoms with van der Waals surface area (Å²) in [5.74, 6) is 0.844. The molecule has 0 atom stereocenters. The highest BCUT2D eigenvalue weighted by Gasteiger charge is 2.21. The summed E-state index contributed by atoms with van der Waals surface area (Å²) in [7, 11) is 0. The number of aryl methyl sites for hydroxylation is 2. The van der Waals surface area contributed by atoms with Crippen LogP contribution in [0.15, 0.2) is 6.07 Å². The first-order chi connectivity index (χ1) is 10.2. The van der Waals surface area contributed by atoms with Crippen molar-refractivity contribution in [3.05, 3.63) is 22.9 Å².